The third-order valence-corrected chi connectivity index (χ3v) is 2.88. The van der Waals surface area contributed by atoms with Crippen LogP contribution >= 0.6 is 11.6 Å². The SMILES string of the molecule is CC(=O)c1ccc(C#Cc2cnc(C#N)c(Cl)c2)cc1. The lowest BCUT2D eigenvalue weighted by Gasteiger charge is -1.96. The number of aromatic nitrogens is 1. The fourth-order valence-corrected chi connectivity index (χ4v) is 1.73. The summed E-state index contributed by atoms with van der Waals surface area (Å²) in [5.74, 6) is 5.88. The molecule has 1 aromatic heterocycles. The average Bonchev–Trinajstić information content (AvgIpc) is 2.45. The number of nitrogens with zero attached hydrogens (tertiary/aromatic N) is 2. The molecule has 0 N–H and O–H groups in total. The molecule has 1 aromatic carbocycles. The van der Waals surface area contributed by atoms with Crippen molar-refractivity contribution in [3.05, 3.63) is 63.9 Å². The number of pyridine rings is 1. The van der Waals surface area contributed by atoms with Crippen molar-refractivity contribution in [2.24, 2.45) is 0 Å². The first-order valence-corrected chi connectivity index (χ1v) is 6.16. The second-order valence-electron chi connectivity index (χ2n) is 4.05. The lowest BCUT2D eigenvalue weighted by Crippen LogP contribution is -1.90. The number of carbonyl (C=O) groups is 1. The Hall–Kier alpha value is -2.62. The molecule has 0 saturated carbocycles. The van der Waals surface area contributed by atoms with E-state index in [0.717, 1.165) is 5.56 Å². The van der Waals surface area contributed by atoms with Crippen molar-refractivity contribution in [1.82, 2.24) is 4.98 Å². The van der Waals surface area contributed by atoms with Crippen LogP contribution in [0.3, 0.4) is 0 Å². The number of carbonyl (C=O) groups excluding carboxylic acids is 1. The molecular formula is C16H9ClN2O. The molecule has 0 unspecified atom stereocenters. The third-order valence-electron chi connectivity index (χ3n) is 2.59. The highest BCUT2D eigenvalue weighted by atomic mass is 35.5. The summed E-state index contributed by atoms with van der Waals surface area (Å²) in [6.07, 6.45) is 1.50. The zero-order chi connectivity index (χ0) is 14.5. The van der Waals surface area contributed by atoms with E-state index in [1.807, 2.05) is 6.07 Å². The summed E-state index contributed by atoms with van der Waals surface area (Å²) < 4.78 is 0. The Kier molecular flexibility index (Phi) is 4.15. The molecule has 0 aliphatic rings. The van der Waals surface area contributed by atoms with Crippen molar-refractivity contribution in [2.45, 2.75) is 6.92 Å². The minimum absolute atomic E-state index is 0.0209. The predicted molar refractivity (Wildman–Crippen MR) is 76.4 cm³/mol. The topological polar surface area (TPSA) is 53.8 Å². The lowest BCUT2D eigenvalue weighted by atomic mass is 10.1. The Morgan fingerprint density at radius 2 is 1.85 bits per heavy atom. The number of hydrogen-bond acceptors (Lipinski definition) is 3. The first kappa shape index (κ1) is 13.8. The largest absolute Gasteiger partial charge is 0.295 e. The van der Waals surface area contributed by atoms with Crippen LogP contribution in [0.2, 0.25) is 5.02 Å². The summed E-state index contributed by atoms with van der Waals surface area (Å²) in [7, 11) is 0. The number of benzene rings is 1. The molecule has 0 saturated heterocycles. The summed E-state index contributed by atoms with van der Waals surface area (Å²) in [4.78, 5) is 15.1. The van der Waals surface area contributed by atoms with Gasteiger partial charge in [-0.15, -0.1) is 0 Å². The van der Waals surface area contributed by atoms with Crippen LogP contribution < -0.4 is 0 Å². The highest BCUT2D eigenvalue weighted by molar-refractivity contribution is 6.31. The van der Waals surface area contributed by atoms with E-state index in [-0.39, 0.29) is 16.5 Å². The quantitative estimate of drug-likeness (QED) is 0.595. The number of hydrogen-bond donors (Lipinski definition) is 0. The van der Waals surface area contributed by atoms with Crippen molar-refractivity contribution in [2.75, 3.05) is 0 Å². The smallest absolute Gasteiger partial charge is 0.159 e. The second-order valence-corrected chi connectivity index (χ2v) is 4.46. The molecule has 0 spiro atoms. The van der Waals surface area contributed by atoms with Gasteiger partial charge in [0.15, 0.2) is 11.5 Å². The van der Waals surface area contributed by atoms with Crippen LogP contribution in [0.5, 0.6) is 0 Å². The minimum atomic E-state index is 0.0209. The Morgan fingerprint density at radius 1 is 1.20 bits per heavy atom. The Morgan fingerprint density at radius 3 is 2.40 bits per heavy atom. The summed E-state index contributed by atoms with van der Waals surface area (Å²) >= 11 is 5.88. The zero-order valence-electron chi connectivity index (χ0n) is 10.6. The number of nitriles is 1. The van der Waals surface area contributed by atoms with Gasteiger partial charge in [0.05, 0.1) is 5.02 Å². The van der Waals surface area contributed by atoms with E-state index in [0.29, 0.717) is 11.1 Å². The van der Waals surface area contributed by atoms with E-state index in [1.54, 1.807) is 30.3 Å². The van der Waals surface area contributed by atoms with Gasteiger partial charge in [-0.25, -0.2) is 4.98 Å². The van der Waals surface area contributed by atoms with Gasteiger partial charge in [0.25, 0.3) is 0 Å². The number of Topliss-reactive ketones (excluding diaryl/α,β-unsaturated/α-hetero) is 1. The molecule has 0 aliphatic carbocycles. The van der Waals surface area contributed by atoms with Gasteiger partial charge < -0.3 is 0 Å². The zero-order valence-corrected chi connectivity index (χ0v) is 11.4. The molecule has 2 aromatic rings. The van der Waals surface area contributed by atoms with E-state index in [4.69, 9.17) is 16.9 Å². The van der Waals surface area contributed by atoms with E-state index >= 15 is 0 Å². The molecule has 0 bridgehead atoms. The van der Waals surface area contributed by atoms with E-state index in [1.165, 1.54) is 13.1 Å². The predicted octanol–water partition coefficient (Wildman–Crippen LogP) is 3.21. The summed E-state index contributed by atoms with van der Waals surface area (Å²) in [5, 5.41) is 9.01. The maximum absolute atomic E-state index is 11.1. The Bertz CT molecular complexity index is 762. The lowest BCUT2D eigenvalue weighted by molar-refractivity contribution is 0.101. The highest BCUT2D eigenvalue weighted by Crippen LogP contribution is 2.13. The average molecular weight is 281 g/mol. The van der Waals surface area contributed by atoms with Gasteiger partial charge in [0, 0.05) is 22.9 Å². The molecule has 0 aliphatic heterocycles. The molecule has 20 heavy (non-hydrogen) atoms. The molecule has 96 valence electrons. The van der Waals surface area contributed by atoms with Crippen LogP contribution in [0.25, 0.3) is 0 Å². The number of ketones is 1. The van der Waals surface area contributed by atoms with Gasteiger partial charge in [0.2, 0.25) is 0 Å². The molecule has 0 fully saturated rings. The molecule has 0 radical (unpaired) electrons. The summed E-state index contributed by atoms with van der Waals surface area (Å²) in [6.45, 7) is 1.52. The second kappa shape index (κ2) is 6.02. The molecule has 3 nitrogen and oxygen atoms in total. The van der Waals surface area contributed by atoms with E-state index in [2.05, 4.69) is 16.8 Å². The first-order chi connectivity index (χ1) is 9.60. The Balaban J connectivity index is 2.25. The van der Waals surface area contributed by atoms with E-state index < -0.39 is 0 Å². The van der Waals surface area contributed by atoms with Crippen molar-refractivity contribution >= 4 is 17.4 Å². The van der Waals surface area contributed by atoms with Gasteiger partial charge in [-0.1, -0.05) is 35.6 Å². The van der Waals surface area contributed by atoms with Crippen molar-refractivity contribution in [1.29, 1.82) is 5.26 Å². The minimum Gasteiger partial charge on any atom is -0.295 e. The van der Waals surface area contributed by atoms with Crippen molar-refractivity contribution in [3.63, 3.8) is 0 Å². The first-order valence-electron chi connectivity index (χ1n) is 5.79. The number of halogens is 1. The molecule has 2 rings (SSSR count). The van der Waals surface area contributed by atoms with Gasteiger partial charge in [-0.05, 0) is 25.1 Å². The van der Waals surface area contributed by atoms with Gasteiger partial charge in [0.1, 0.15) is 6.07 Å². The van der Waals surface area contributed by atoms with Crippen LogP contribution in [-0.2, 0) is 0 Å². The maximum atomic E-state index is 11.1. The van der Waals surface area contributed by atoms with Crippen LogP contribution in [0.4, 0.5) is 0 Å². The van der Waals surface area contributed by atoms with Crippen LogP contribution in [0.15, 0.2) is 36.5 Å². The van der Waals surface area contributed by atoms with Gasteiger partial charge in [-0.2, -0.15) is 5.26 Å². The summed E-state index contributed by atoms with van der Waals surface area (Å²) in [5.41, 5.74) is 2.25. The molecule has 1 heterocycles. The van der Waals surface area contributed by atoms with E-state index in [9.17, 15) is 4.79 Å². The highest BCUT2D eigenvalue weighted by Gasteiger charge is 2.01. The summed E-state index contributed by atoms with van der Waals surface area (Å²) in [6, 6.07) is 10.5. The van der Waals surface area contributed by atoms with Crippen LogP contribution in [0.1, 0.15) is 34.1 Å². The third kappa shape index (κ3) is 3.23. The van der Waals surface area contributed by atoms with Crippen LogP contribution in [-0.4, -0.2) is 10.8 Å². The normalized spacial score (nSPS) is 9.25. The van der Waals surface area contributed by atoms with Gasteiger partial charge in [-0.3, -0.25) is 4.79 Å². The fourth-order valence-electron chi connectivity index (χ4n) is 1.52. The maximum Gasteiger partial charge on any atom is 0.159 e. The van der Waals surface area contributed by atoms with Crippen molar-refractivity contribution < 1.29 is 4.79 Å². The molecule has 0 atom stereocenters. The molecule has 0 amide bonds. The monoisotopic (exact) mass is 280 g/mol. The standard InChI is InChI=1S/C16H9ClN2O/c1-11(20)14-6-4-12(5-7-14)2-3-13-8-15(17)16(9-18)19-10-13/h4-8,10H,1H3. The number of rotatable bonds is 1. The Labute approximate surface area is 121 Å². The molecular weight excluding hydrogens is 272 g/mol. The molecule has 4 heteroatoms. The van der Waals surface area contributed by atoms with Crippen molar-refractivity contribution in [3.8, 4) is 17.9 Å². The van der Waals surface area contributed by atoms with Gasteiger partial charge >= 0.3 is 0 Å². The van der Waals surface area contributed by atoms with Crippen LogP contribution in [0, 0.1) is 23.2 Å². The fraction of sp³-hybridized carbons (Fsp3) is 0.0625.